The van der Waals surface area contributed by atoms with Gasteiger partial charge < -0.3 is 9.73 Å². The maximum atomic E-state index is 12.4. The Kier molecular flexibility index (Phi) is 3.12. The summed E-state index contributed by atoms with van der Waals surface area (Å²) in [6, 6.07) is 21.2. The number of rotatable bonds is 2. The van der Waals surface area contributed by atoms with Gasteiger partial charge in [-0.05, 0) is 36.8 Å². The molecule has 1 amide bonds. The van der Waals surface area contributed by atoms with Crippen LogP contribution in [0.3, 0.4) is 0 Å². The van der Waals surface area contributed by atoms with Crippen molar-refractivity contribution in [2.45, 2.75) is 6.92 Å². The average molecular weight is 301 g/mol. The number of benzene rings is 3. The lowest BCUT2D eigenvalue weighted by atomic mass is 10.1. The van der Waals surface area contributed by atoms with E-state index in [0.717, 1.165) is 33.2 Å². The van der Waals surface area contributed by atoms with Crippen LogP contribution in [0.5, 0.6) is 0 Å². The van der Waals surface area contributed by atoms with Gasteiger partial charge in [-0.2, -0.15) is 0 Å². The summed E-state index contributed by atoms with van der Waals surface area (Å²) in [6.45, 7) is 1.93. The minimum absolute atomic E-state index is 0.112. The van der Waals surface area contributed by atoms with Gasteiger partial charge in [0.05, 0.1) is 0 Å². The minimum atomic E-state index is -0.112. The smallest absolute Gasteiger partial charge is 0.255 e. The van der Waals surface area contributed by atoms with E-state index < -0.39 is 0 Å². The van der Waals surface area contributed by atoms with E-state index in [1.807, 2.05) is 73.7 Å². The molecule has 3 heteroatoms. The summed E-state index contributed by atoms with van der Waals surface area (Å²) in [5.41, 5.74) is 3.98. The van der Waals surface area contributed by atoms with Gasteiger partial charge in [0.15, 0.2) is 0 Å². The molecule has 0 atom stereocenters. The molecule has 0 aliphatic heterocycles. The summed E-state index contributed by atoms with van der Waals surface area (Å²) < 4.78 is 5.85. The third-order valence-corrected chi connectivity index (χ3v) is 4.03. The highest BCUT2D eigenvalue weighted by Crippen LogP contribution is 2.30. The molecule has 1 heterocycles. The zero-order valence-corrected chi connectivity index (χ0v) is 12.7. The lowest BCUT2D eigenvalue weighted by Gasteiger charge is -2.07. The van der Waals surface area contributed by atoms with Crippen molar-refractivity contribution >= 4 is 33.5 Å². The fourth-order valence-corrected chi connectivity index (χ4v) is 2.83. The van der Waals surface area contributed by atoms with Gasteiger partial charge in [-0.25, -0.2) is 0 Å². The molecule has 0 saturated carbocycles. The predicted octanol–water partition coefficient (Wildman–Crippen LogP) is 5.15. The van der Waals surface area contributed by atoms with Gasteiger partial charge in [0.2, 0.25) is 0 Å². The Labute approximate surface area is 133 Å². The largest absolute Gasteiger partial charge is 0.456 e. The van der Waals surface area contributed by atoms with Crippen molar-refractivity contribution in [1.82, 2.24) is 0 Å². The molecular weight excluding hydrogens is 286 g/mol. The third kappa shape index (κ3) is 2.36. The van der Waals surface area contributed by atoms with Crippen molar-refractivity contribution in [3.05, 3.63) is 77.9 Å². The summed E-state index contributed by atoms with van der Waals surface area (Å²) in [5, 5.41) is 5.07. The molecule has 0 aliphatic carbocycles. The number of hydrogen-bond acceptors (Lipinski definition) is 2. The first-order chi connectivity index (χ1) is 11.2. The molecule has 0 radical (unpaired) electrons. The van der Waals surface area contributed by atoms with Crippen LogP contribution in [0, 0.1) is 6.92 Å². The van der Waals surface area contributed by atoms with Crippen molar-refractivity contribution < 1.29 is 9.21 Å². The fraction of sp³-hybridized carbons (Fsp3) is 0.0500. The number of carbonyl (C=O) groups is 1. The van der Waals surface area contributed by atoms with Gasteiger partial charge in [-0.3, -0.25) is 4.79 Å². The van der Waals surface area contributed by atoms with Crippen molar-refractivity contribution in [1.29, 1.82) is 0 Å². The first kappa shape index (κ1) is 13.6. The van der Waals surface area contributed by atoms with Crippen molar-refractivity contribution in [3.63, 3.8) is 0 Å². The van der Waals surface area contributed by atoms with Gasteiger partial charge >= 0.3 is 0 Å². The monoisotopic (exact) mass is 301 g/mol. The molecule has 3 aromatic carbocycles. The quantitative estimate of drug-likeness (QED) is 0.556. The Balaban J connectivity index is 1.71. The van der Waals surface area contributed by atoms with Gasteiger partial charge in [-0.1, -0.05) is 36.4 Å². The van der Waals surface area contributed by atoms with E-state index in [4.69, 9.17) is 4.42 Å². The Bertz CT molecular complexity index is 1030. The van der Waals surface area contributed by atoms with Crippen molar-refractivity contribution in [2.75, 3.05) is 5.32 Å². The van der Waals surface area contributed by atoms with Crippen LogP contribution in [0.15, 0.2) is 71.1 Å². The van der Waals surface area contributed by atoms with Crippen LogP contribution in [-0.2, 0) is 0 Å². The molecule has 4 aromatic rings. The van der Waals surface area contributed by atoms with Gasteiger partial charge in [0, 0.05) is 28.1 Å². The SMILES string of the molecule is Cc1ccccc1C(=O)Nc1ccc2c(c1)oc1ccccc12. The Morgan fingerprint density at radius 2 is 1.61 bits per heavy atom. The van der Waals surface area contributed by atoms with Crippen LogP contribution in [0.2, 0.25) is 0 Å². The number of para-hydroxylation sites is 1. The highest BCUT2D eigenvalue weighted by Gasteiger charge is 2.11. The minimum Gasteiger partial charge on any atom is -0.456 e. The second-order valence-corrected chi connectivity index (χ2v) is 5.58. The zero-order valence-electron chi connectivity index (χ0n) is 12.7. The van der Waals surface area contributed by atoms with Crippen molar-refractivity contribution in [3.8, 4) is 0 Å². The summed E-state index contributed by atoms with van der Waals surface area (Å²) in [6.07, 6.45) is 0. The van der Waals surface area contributed by atoms with E-state index in [9.17, 15) is 4.79 Å². The number of fused-ring (bicyclic) bond motifs is 3. The lowest BCUT2D eigenvalue weighted by molar-refractivity contribution is 0.102. The number of amides is 1. The van der Waals surface area contributed by atoms with Gasteiger partial charge in [0.25, 0.3) is 5.91 Å². The van der Waals surface area contributed by atoms with Crippen LogP contribution in [-0.4, -0.2) is 5.91 Å². The van der Waals surface area contributed by atoms with E-state index >= 15 is 0 Å². The molecule has 0 saturated heterocycles. The number of aryl methyl sites for hydroxylation is 1. The molecule has 0 spiro atoms. The number of nitrogens with one attached hydrogen (secondary N) is 1. The second-order valence-electron chi connectivity index (χ2n) is 5.58. The van der Waals surface area contributed by atoms with Crippen LogP contribution in [0.4, 0.5) is 5.69 Å². The van der Waals surface area contributed by atoms with Gasteiger partial charge in [-0.15, -0.1) is 0 Å². The van der Waals surface area contributed by atoms with E-state index in [1.54, 1.807) is 0 Å². The number of carbonyl (C=O) groups excluding carboxylic acids is 1. The predicted molar refractivity (Wildman–Crippen MR) is 92.9 cm³/mol. The highest BCUT2D eigenvalue weighted by molar-refractivity contribution is 6.08. The summed E-state index contributed by atoms with van der Waals surface area (Å²) in [5.74, 6) is -0.112. The van der Waals surface area contributed by atoms with E-state index in [1.165, 1.54) is 0 Å². The molecular formula is C20H15NO2. The molecule has 23 heavy (non-hydrogen) atoms. The van der Waals surface area contributed by atoms with Gasteiger partial charge in [0.1, 0.15) is 11.2 Å². The maximum Gasteiger partial charge on any atom is 0.255 e. The topological polar surface area (TPSA) is 42.2 Å². The number of hydrogen-bond donors (Lipinski definition) is 1. The van der Waals surface area contributed by atoms with E-state index in [2.05, 4.69) is 5.32 Å². The maximum absolute atomic E-state index is 12.4. The Morgan fingerprint density at radius 1 is 0.870 bits per heavy atom. The van der Waals surface area contributed by atoms with Crippen LogP contribution >= 0.6 is 0 Å². The van der Waals surface area contributed by atoms with Crippen LogP contribution < -0.4 is 5.32 Å². The van der Waals surface area contributed by atoms with Crippen LogP contribution in [0.1, 0.15) is 15.9 Å². The second kappa shape index (κ2) is 5.29. The molecule has 1 N–H and O–H groups in total. The highest BCUT2D eigenvalue weighted by atomic mass is 16.3. The zero-order chi connectivity index (χ0) is 15.8. The average Bonchev–Trinajstić information content (AvgIpc) is 2.92. The Morgan fingerprint density at radius 3 is 2.48 bits per heavy atom. The summed E-state index contributed by atoms with van der Waals surface area (Å²) in [7, 11) is 0. The third-order valence-electron chi connectivity index (χ3n) is 4.03. The molecule has 0 bridgehead atoms. The molecule has 0 fully saturated rings. The van der Waals surface area contributed by atoms with Crippen LogP contribution in [0.25, 0.3) is 21.9 Å². The first-order valence-electron chi connectivity index (χ1n) is 7.51. The molecule has 0 aliphatic rings. The molecule has 112 valence electrons. The summed E-state index contributed by atoms with van der Waals surface area (Å²) >= 11 is 0. The number of anilines is 1. The first-order valence-corrected chi connectivity index (χ1v) is 7.51. The van der Waals surface area contributed by atoms with Crippen molar-refractivity contribution in [2.24, 2.45) is 0 Å². The molecule has 4 rings (SSSR count). The van der Waals surface area contributed by atoms with E-state index in [-0.39, 0.29) is 5.91 Å². The number of furan rings is 1. The molecule has 3 nitrogen and oxygen atoms in total. The fourth-order valence-electron chi connectivity index (χ4n) is 2.83. The Hall–Kier alpha value is -3.07. The molecule has 1 aromatic heterocycles. The van der Waals surface area contributed by atoms with E-state index in [0.29, 0.717) is 5.56 Å². The standard InChI is InChI=1S/C20H15NO2/c1-13-6-2-3-7-15(13)20(22)21-14-10-11-17-16-8-4-5-9-18(16)23-19(17)12-14/h2-12H,1H3,(H,21,22). The molecule has 0 unspecified atom stereocenters. The lowest BCUT2D eigenvalue weighted by Crippen LogP contribution is -2.13. The summed E-state index contributed by atoms with van der Waals surface area (Å²) in [4.78, 5) is 12.4. The normalized spacial score (nSPS) is 11.0.